The Morgan fingerprint density at radius 3 is 2.72 bits per heavy atom. The van der Waals surface area contributed by atoms with E-state index in [0.29, 0.717) is 5.69 Å². The first kappa shape index (κ1) is 12.6. The number of carbonyl (C=O) groups is 1. The average Bonchev–Trinajstić information content (AvgIpc) is 2.28. The minimum atomic E-state index is -0.451. The highest BCUT2D eigenvalue weighted by Gasteiger charge is 2.14. The fraction of sp³-hybridized carbons (Fsp3) is 0. The van der Waals surface area contributed by atoms with Crippen LogP contribution < -0.4 is 11.1 Å². The molecule has 0 radical (unpaired) electrons. The number of nitrogens with two attached hydrogens (primary N) is 1. The van der Waals surface area contributed by atoms with E-state index in [1.165, 1.54) is 12.4 Å². The van der Waals surface area contributed by atoms with Gasteiger partial charge in [0.25, 0.3) is 5.91 Å². The van der Waals surface area contributed by atoms with Gasteiger partial charge in [-0.15, -0.1) is 0 Å². The molecular formula is C11H8Cl2N4O. The Bertz CT molecular complexity index is 583. The average molecular weight is 283 g/mol. The molecule has 0 fully saturated rings. The molecule has 2 rings (SSSR count). The number of aromatic nitrogens is 2. The highest BCUT2D eigenvalue weighted by molar-refractivity contribution is 6.35. The number of nitrogen functional groups attached to an aromatic ring is 1. The Morgan fingerprint density at radius 1 is 1.28 bits per heavy atom. The Balaban J connectivity index is 2.28. The van der Waals surface area contributed by atoms with Crippen LogP contribution in [0.25, 0.3) is 0 Å². The van der Waals surface area contributed by atoms with Gasteiger partial charge in [0.1, 0.15) is 17.3 Å². The lowest BCUT2D eigenvalue weighted by atomic mass is 10.1. The smallest absolute Gasteiger partial charge is 0.260 e. The van der Waals surface area contributed by atoms with Gasteiger partial charge < -0.3 is 11.1 Å². The molecule has 0 atom stereocenters. The third kappa shape index (κ3) is 2.69. The predicted molar refractivity (Wildman–Crippen MR) is 70.9 cm³/mol. The van der Waals surface area contributed by atoms with E-state index in [1.807, 2.05) is 0 Å². The Labute approximate surface area is 113 Å². The maximum Gasteiger partial charge on any atom is 0.260 e. The highest BCUT2D eigenvalue weighted by Crippen LogP contribution is 2.23. The van der Waals surface area contributed by atoms with E-state index in [2.05, 4.69) is 15.3 Å². The molecule has 0 aliphatic rings. The van der Waals surface area contributed by atoms with Crippen molar-refractivity contribution in [1.82, 2.24) is 9.97 Å². The normalized spacial score (nSPS) is 10.1. The number of benzene rings is 1. The summed E-state index contributed by atoms with van der Waals surface area (Å²) in [6.07, 6.45) is 1.24. The van der Waals surface area contributed by atoms with Crippen molar-refractivity contribution in [2.45, 2.75) is 0 Å². The summed E-state index contributed by atoms with van der Waals surface area (Å²) in [7, 11) is 0. The highest BCUT2D eigenvalue weighted by atomic mass is 35.5. The SMILES string of the molecule is Nc1cccc(Cl)c1C(=O)Nc1cc(Cl)ncn1. The molecule has 0 bridgehead atoms. The van der Waals surface area contributed by atoms with Gasteiger partial charge in [-0.3, -0.25) is 4.79 Å². The second-order valence-electron chi connectivity index (χ2n) is 3.38. The van der Waals surface area contributed by atoms with Crippen LogP contribution in [0.4, 0.5) is 11.5 Å². The molecule has 1 aromatic carbocycles. The molecule has 1 aromatic heterocycles. The fourth-order valence-corrected chi connectivity index (χ4v) is 1.78. The largest absolute Gasteiger partial charge is 0.398 e. The first-order valence-electron chi connectivity index (χ1n) is 4.91. The van der Waals surface area contributed by atoms with Crippen molar-refractivity contribution in [3.63, 3.8) is 0 Å². The summed E-state index contributed by atoms with van der Waals surface area (Å²) in [4.78, 5) is 19.5. The van der Waals surface area contributed by atoms with Crippen LogP contribution in [0.5, 0.6) is 0 Å². The zero-order valence-electron chi connectivity index (χ0n) is 9.02. The van der Waals surface area contributed by atoms with Crippen LogP contribution in [0.1, 0.15) is 10.4 Å². The van der Waals surface area contributed by atoms with Gasteiger partial charge in [-0.1, -0.05) is 29.3 Å². The van der Waals surface area contributed by atoms with Crippen LogP contribution >= 0.6 is 23.2 Å². The van der Waals surface area contributed by atoms with Gasteiger partial charge in [-0.25, -0.2) is 9.97 Å². The van der Waals surface area contributed by atoms with Crippen LogP contribution in [-0.4, -0.2) is 15.9 Å². The molecule has 0 saturated heterocycles. The lowest BCUT2D eigenvalue weighted by Gasteiger charge is -2.08. The van der Waals surface area contributed by atoms with Crippen LogP contribution in [0.15, 0.2) is 30.6 Å². The molecule has 0 unspecified atom stereocenters. The summed E-state index contributed by atoms with van der Waals surface area (Å²) >= 11 is 11.6. The first-order valence-corrected chi connectivity index (χ1v) is 5.66. The van der Waals surface area contributed by atoms with E-state index >= 15 is 0 Å². The molecular weight excluding hydrogens is 275 g/mol. The van der Waals surface area contributed by atoms with Crippen LogP contribution in [0.2, 0.25) is 10.2 Å². The monoisotopic (exact) mass is 282 g/mol. The number of nitrogens with zero attached hydrogens (tertiary/aromatic N) is 2. The Morgan fingerprint density at radius 2 is 2.06 bits per heavy atom. The number of rotatable bonds is 2. The minimum Gasteiger partial charge on any atom is -0.398 e. The van der Waals surface area contributed by atoms with Crippen molar-refractivity contribution in [1.29, 1.82) is 0 Å². The van der Waals surface area contributed by atoms with Crippen LogP contribution in [0.3, 0.4) is 0 Å². The van der Waals surface area contributed by atoms with Gasteiger partial charge in [-0.2, -0.15) is 0 Å². The summed E-state index contributed by atoms with van der Waals surface area (Å²) in [6, 6.07) is 6.26. The number of hydrogen-bond acceptors (Lipinski definition) is 4. The van der Waals surface area contributed by atoms with Gasteiger partial charge >= 0.3 is 0 Å². The van der Waals surface area contributed by atoms with Crippen molar-refractivity contribution in [3.8, 4) is 0 Å². The molecule has 7 heteroatoms. The predicted octanol–water partition coefficient (Wildman–Crippen LogP) is 2.62. The number of carbonyl (C=O) groups excluding carboxylic acids is 1. The summed E-state index contributed by atoms with van der Waals surface area (Å²) in [5, 5.41) is 3.04. The van der Waals surface area contributed by atoms with Crippen molar-refractivity contribution < 1.29 is 4.79 Å². The third-order valence-electron chi connectivity index (χ3n) is 2.15. The molecule has 1 heterocycles. The molecule has 5 nitrogen and oxygen atoms in total. The van der Waals surface area contributed by atoms with E-state index in [-0.39, 0.29) is 21.6 Å². The summed E-state index contributed by atoms with van der Waals surface area (Å²) < 4.78 is 0. The second-order valence-corrected chi connectivity index (χ2v) is 4.18. The third-order valence-corrected chi connectivity index (χ3v) is 2.67. The number of halogens is 2. The zero-order valence-corrected chi connectivity index (χ0v) is 10.5. The molecule has 92 valence electrons. The van der Waals surface area contributed by atoms with E-state index in [4.69, 9.17) is 28.9 Å². The maximum absolute atomic E-state index is 12.0. The van der Waals surface area contributed by atoms with E-state index in [0.717, 1.165) is 0 Å². The zero-order chi connectivity index (χ0) is 13.1. The number of nitrogens with one attached hydrogen (secondary N) is 1. The first-order chi connectivity index (χ1) is 8.58. The van der Waals surface area contributed by atoms with Gasteiger partial charge in [0.05, 0.1) is 10.6 Å². The fourth-order valence-electron chi connectivity index (χ4n) is 1.36. The lowest BCUT2D eigenvalue weighted by molar-refractivity contribution is 0.102. The maximum atomic E-state index is 12.0. The summed E-state index contributed by atoms with van der Waals surface area (Å²) in [6.45, 7) is 0. The number of anilines is 2. The van der Waals surface area contributed by atoms with Crippen molar-refractivity contribution in [2.75, 3.05) is 11.1 Å². The van der Waals surface area contributed by atoms with Crippen LogP contribution in [0, 0.1) is 0 Å². The van der Waals surface area contributed by atoms with Crippen molar-refractivity contribution in [3.05, 3.63) is 46.3 Å². The summed E-state index contributed by atoms with van der Waals surface area (Å²) in [5.41, 5.74) is 6.20. The van der Waals surface area contributed by atoms with Gasteiger partial charge in [0.15, 0.2) is 0 Å². The molecule has 2 aromatic rings. The summed E-state index contributed by atoms with van der Waals surface area (Å²) in [5.74, 6) is -0.174. The van der Waals surface area contributed by atoms with E-state index in [9.17, 15) is 4.79 Å². The Hall–Kier alpha value is -1.85. The molecule has 1 amide bonds. The Kier molecular flexibility index (Phi) is 3.64. The standard InChI is InChI=1S/C11H8Cl2N4O/c12-6-2-1-3-7(14)10(6)11(18)17-9-4-8(13)15-5-16-9/h1-5H,14H2,(H,15,16,17,18). The number of hydrogen-bond donors (Lipinski definition) is 2. The van der Waals surface area contributed by atoms with E-state index < -0.39 is 5.91 Å². The molecule has 0 spiro atoms. The molecule has 18 heavy (non-hydrogen) atoms. The topological polar surface area (TPSA) is 80.9 Å². The quantitative estimate of drug-likeness (QED) is 0.655. The van der Waals surface area contributed by atoms with Crippen LogP contribution in [-0.2, 0) is 0 Å². The molecule has 0 saturated carbocycles. The molecule has 0 aliphatic carbocycles. The molecule has 0 aliphatic heterocycles. The molecule has 3 N–H and O–H groups in total. The second kappa shape index (κ2) is 5.20. The van der Waals surface area contributed by atoms with Gasteiger partial charge in [0, 0.05) is 11.8 Å². The minimum absolute atomic E-state index is 0.203. The van der Waals surface area contributed by atoms with Crippen molar-refractivity contribution >= 4 is 40.6 Å². The van der Waals surface area contributed by atoms with E-state index in [1.54, 1.807) is 18.2 Å². The number of amides is 1. The van der Waals surface area contributed by atoms with Gasteiger partial charge in [-0.05, 0) is 12.1 Å². The lowest BCUT2D eigenvalue weighted by Crippen LogP contribution is -2.15. The van der Waals surface area contributed by atoms with Gasteiger partial charge in [0.2, 0.25) is 0 Å². The van der Waals surface area contributed by atoms with Crippen molar-refractivity contribution in [2.24, 2.45) is 0 Å².